The number of amides is 4. The van der Waals surface area contributed by atoms with Gasteiger partial charge in [0.1, 0.15) is 0 Å². The van der Waals surface area contributed by atoms with Gasteiger partial charge in [0.05, 0.1) is 5.56 Å². The number of anilines is 3. The van der Waals surface area contributed by atoms with Crippen LogP contribution in [0.2, 0.25) is 5.02 Å². The molecule has 172 valence electrons. The third-order valence-corrected chi connectivity index (χ3v) is 4.69. The standard InChI is InChI=1S/C23H20ClF3N4O2/c24-17-7-5-9-19(15-17)29-21(32)28-12-13-31(20-10-2-1-3-11-20)22(33)30-18-8-4-6-16(14-18)23(25,26)27/h1-11,14-15H,12-13H2,(H,30,33)(H2,28,29,32). The molecule has 3 rings (SSSR count). The molecule has 3 aromatic carbocycles. The lowest BCUT2D eigenvalue weighted by Crippen LogP contribution is -2.42. The van der Waals surface area contributed by atoms with Gasteiger partial charge in [-0.1, -0.05) is 41.9 Å². The Labute approximate surface area is 193 Å². The molecule has 0 aliphatic carbocycles. The van der Waals surface area contributed by atoms with E-state index in [1.165, 1.54) is 17.0 Å². The number of alkyl halides is 3. The molecule has 33 heavy (non-hydrogen) atoms. The van der Waals surface area contributed by atoms with Crippen molar-refractivity contribution in [3.8, 4) is 0 Å². The summed E-state index contributed by atoms with van der Waals surface area (Å²) in [4.78, 5) is 26.3. The van der Waals surface area contributed by atoms with Crippen molar-refractivity contribution in [1.82, 2.24) is 5.32 Å². The second-order valence-corrected chi connectivity index (χ2v) is 7.32. The number of benzene rings is 3. The van der Waals surface area contributed by atoms with Gasteiger partial charge in [0.25, 0.3) is 0 Å². The first-order valence-electron chi connectivity index (χ1n) is 9.83. The van der Waals surface area contributed by atoms with Crippen molar-refractivity contribution < 1.29 is 22.8 Å². The second-order valence-electron chi connectivity index (χ2n) is 6.89. The molecule has 3 aromatic rings. The summed E-state index contributed by atoms with van der Waals surface area (Å²) in [5.41, 5.74) is 0.148. The van der Waals surface area contributed by atoms with Gasteiger partial charge in [-0.05, 0) is 48.5 Å². The van der Waals surface area contributed by atoms with Crippen molar-refractivity contribution in [2.45, 2.75) is 6.18 Å². The summed E-state index contributed by atoms with van der Waals surface area (Å²) in [5.74, 6) is 0. The Kier molecular flexibility index (Phi) is 7.78. The van der Waals surface area contributed by atoms with Crippen LogP contribution in [0.25, 0.3) is 0 Å². The number of halogens is 4. The minimum Gasteiger partial charge on any atom is -0.336 e. The first-order chi connectivity index (χ1) is 15.7. The molecule has 4 amide bonds. The Morgan fingerprint density at radius 2 is 1.52 bits per heavy atom. The third-order valence-electron chi connectivity index (χ3n) is 4.46. The average Bonchev–Trinajstić information content (AvgIpc) is 2.77. The van der Waals surface area contributed by atoms with Crippen molar-refractivity contribution in [3.63, 3.8) is 0 Å². The van der Waals surface area contributed by atoms with Crippen LogP contribution in [0.15, 0.2) is 78.9 Å². The SMILES string of the molecule is O=C(NCCN(C(=O)Nc1cccc(C(F)(F)F)c1)c1ccccc1)Nc1cccc(Cl)c1. The summed E-state index contributed by atoms with van der Waals surface area (Å²) in [6.07, 6.45) is -4.53. The van der Waals surface area contributed by atoms with Crippen LogP contribution in [-0.2, 0) is 6.18 Å². The number of hydrogen-bond donors (Lipinski definition) is 3. The van der Waals surface area contributed by atoms with E-state index in [-0.39, 0.29) is 18.8 Å². The van der Waals surface area contributed by atoms with E-state index in [4.69, 9.17) is 11.6 Å². The topological polar surface area (TPSA) is 73.5 Å². The van der Waals surface area contributed by atoms with Gasteiger partial charge in [0.15, 0.2) is 0 Å². The summed E-state index contributed by atoms with van der Waals surface area (Å²) < 4.78 is 38.9. The van der Waals surface area contributed by atoms with Crippen LogP contribution >= 0.6 is 11.6 Å². The van der Waals surface area contributed by atoms with Crippen molar-refractivity contribution in [1.29, 1.82) is 0 Å². The summed E-state index contributed by atoms with van der Waals surface area (Å²) in [5, 5.41) is 8.21. The lowest BCUT2D eigenvalue weighted by molar-refractivity contribution is -0.137. The average molecular weight is 477 g/mol. The third kappa shape index (κ3) is 7.15. The second kappa shape index (κ2) is 10.7. The Balaban J connectivity index is 1.65. The number of carbonyl (C=O) groups is 2. The van der Waals surface area contributed by atoms with E-state index < -0.39 is 23.8 Å². The fraction of sp³-hybridized carbons (Fsp3) is 0.130. The van der Waals surface area contributed by atoms with Gasteiger partial charge < -0.3 is 16.0 Å². The van der Waals surface area contributed by atoms with Gasteiger partial charge in [-0.15, -0.1) is 0 Å². The number of nitrogens with zero attached hydrogens (tertiary/aromatic N) is 1. The fourth-order valence-electron chi connectivity index (χ4n) is 2.94. The lowest BCUT2D eigenvalue weighted by Gasteiger charge is -2.24. The molecule has 0 bridgehead atoms. The van der Waals surface area contributed by atoms with E-state index in [2.05, 4.69) is 16.0 Å². The molecule has 0 aromatic heterocycles. The van der Waals surface area contributed by atoms with Crippen molar-refractivity contribution in [3.05, 3.63) is 89.4 Å². The number of rotatable bonds is 6. The minimum atomic E-state index is -4.53. The van der Waals surface area contributed by atoms with Gasteiger partial charge in [-0.25, -0.2) is 9.59 Å². The molecule has 0 unspecified atom stereocenters. The smallest absolute Gasteiger partial charge is 0.336 e. The molecule has 10 heteroatoms. The van der Waals surface area contributed by atoms with E-state index >= 15 is 0 Å². The lowest BCUT2D eigenvalue weighted by atomic mass is 10.2. The zero-order valence-electron chi connectivity index (χ0n) is 17.2. The summed E-state index contributed by atoms with van der Waals surface area (Å²) in [6.45, 7) is 0.148. The Morgan fingerprint density at radius 3 is 2.18 bits per heavy atom. The first kappa shape index (κ1) is 23.9. The summed E-state index contributed by atoms with van der Waals surface area (Å²) in [6, 6.07) is 18.4. The van der Waals surface area contributed by atoms with Gasteiger partial charge in [0, 0.05) is 35.2 Å². The maximum atomic E-state index is 13.0. The van der Waals surface area contributed by atoms with Crippen LogP contribution in [0.4, 0.5) is 39.8 Å². The van der Waals surface area contributed by atoms with Crippen LogP contribution in [-0.4, -0.2) is 25.2 Å². The summed E-state index contributed by atoms with van der Waals surface area (Å²) in [7, 11) is 0. The van der Waals surface area contributed by atoms with E-state index in [1.54, 1.807) is 54.6 Å². The molecular formula is C23H20ClF3N4O2. The quantitative estimate of drug-likeness (QED) is 0.395. The molecule has 3 N–H and O–H groups in total. The number of carbonyl (C=O) groups excluding carboxylic acids is 2. The van der Waals surface area contributed by atoms with E-state index in [0.717, 1.165) is 12.1 Å². The highest BCUT2D eigenvalue weighted by Crippen LogP contribution is 2.30. The van der Waals surface area contributed by atoms with Crippen molar-refractivity contribution in [2.24, 2.45) is 0 Å². The zero-order valence-corrected chi connectivity index (χ0v) is 18.0. The maximum Gasteiger partial charge on any atom is 0.416 e. The molecular weight excluding hydrogens is 457 g/mol. The molecule has 0 saturated carbocycles. The van der Waals surface area contributed by atoms with E-state index in [9.17, 15) is 22.8 Å². The molecule has 0 fully saturated rings. The van der Waals surface area contributed by atoms with Gasteiger partial charge in [-0.2, -0.15) is 13.2 Å². The molecule has 0 aliphatic heterocycles. The zero-order chi connectivity index (χ0) is 23.8. The monoisotopic (exact) mass is 476 g/mol. The molecule has 0 heterocycles. The van der Waals surface area contributed by atoms with E-state index in [1.807, 2.05) is 0 Å². The summed E-state index contributed by atoms with van der Waals surface area (Å²) >= 11 is 5.89. The molecule has 6 nitrogen and oxygen atoms in total. The van der Waals surface area contributed by atoms with Crippen LogP contribution in [0.1, 0.15) is 5.56 Å². The highest BCUT2D eigenvalue weighted by atomic mass is 35.5. The molecule has 0 atom stereocenters. The first-order valence-corrected chi connectivity index (χ1v) is 10.2. The van der Waals surface area contributed by atoms with Crippen LogP contribution in [0.3, 0.4) is 0 Å². The van der Waals surface area contributed by atoms with Crippen molar-refractivity contribution in [2.75, 3.05) is 28.6 Å². The number of para-hydroxylation sites is 1. The minimum absolute atomic E-state index is 0.00224. The number of hydrogen-bond acceptors (Lipinski definition) is 2. The predicted molar refractivity (Wildman–Crippen MR) is 123 cm³/mol. The van der Waals surface area contributed by atoms with Crippen LogP contribution in [0.5, 0.6) is 0 Å². The van der Waals surface area contributed by atoms with Crippen LogP contribution < -0.4 is 20.9 Å². The molecule has 0 aliphatic rings. The van der Waals surface area contributed by atoms with Crippen LogP contribution in [0, 0.1) is 0 Å². The maximum absolute atomic E-state index is 13.0. The fourth-order valence-corrected chi connectivity index (χ4v) is 3.13. The normalized spacial score (nSPS) is 10.9. The van der Waals surface area contributed by atoms with Gasteiger partial charge in [-0.3, -0.25) is 4.90 Å². The van der Waals surface area contributed by atoms with Gasteiger partial charge >= 0.3 is 18.2 Å². The van der Waals surface area contributed by atoms with E-state index in [0.29, 0.717) is 16.4 Å². The Hall–Kier alpha value is -3.72. The molecule has 0 radical (unpaired) electrons. The highest BCUT2D eigenvalue weighted by Gasteiger charge is 2.30. The van der Waals surface area contributed by atoms with Gasteiger partial charge in [0.2, 0.25) is 0 Å². The van der Waals surface area contributed by atoms with Crippen molar-refractivity contribution >= 4 is 40.7 Å². The highest BCUT2D eigenvalue weighted by molar-refractivity contribution is 6.30. The number of nitrogens with one attached hydrogen (secondary N) is 3. The predicted octanol–water partition coefficient (Wildman–Crippen LogP) is 6.22. The largest absolute Gasteiger partial charge is 0.416 e. The number of urea groups is 2. The Bertz CT molecular complexity index is 1110. The Morgan fingerprint density at radius 1 is 0.848 bits per heavy atom. The molecule has 0 saturated heterocycles. The molecule has 0 spiro atoms.